The van der Waals surface area contributed by atoms with Gasteiger partial charge in [-0.3, -0.25) is 19.0 Å². The fourth-order valence-corrected chi connectivity index (χ4v) is 5.45. The maximum atomic E-state index is 14.7. The smallest absolute Gasteiger partial charge is 0.278 e. The lowest BCUT2D eigenvalue weighted by molar-refractivity contribution is -0.128. The maximum Gasteiger partial charge on any atom is 0.278 e. The molecule has 2 N–H and O–H groups in total. The highest BCUT2D eigenvalue weighted by molar-refractivity contribution is 6.34. The number of benzene rings is 1. The van der Waals surface area contributed by atoms with E-state index in [1.807, 2.05) is 0 Å². The first-order valence-corrected chi connectivity index (χ1v) is 12.0. The zero-order valence-electron chi connectivity index (χ0n) is 19.5. The largest absolute Gasteiger partial charge is 0.507 e. The third-order valence-electron chi connectivity index (χ3n) is 7.15. The van der Waals surface area contributed by atoms with Crippen LogP contribution < -0.4 is 15.8 Å². The normalized spacial score (nSPS) is 21.5. The lowest BCUT2D eigenvalue weighted by atomic mass is 10.0. The molecule has 0 unspecified atom stereocenters. The Bertz CT molecular complexity index is 1620. The minimum atomic E-state index is -3.19. The van der Waals surface area contributed by atoms with Crippen molar-refractivity contribution in [2.24, 2.45) is 0 Å². The number of nitrogens with one attached hydrogen (secondary N) is 1. The van der Waals surface area contributed by atoms with Crippen molar-refractivity contribution in [3.05, 3.63) is 58.1 Å². The van der Waals surface area contributed by atoms with Gasteiger partial charge in [0.25, 0.3) is 11.5 Å². The second-order valence-electron chi connectivity index (χ2n) is 9.39. The van der Waals surface area contributed by atoms with Crippen LogP contribution in [0.5, 0.6) is 5.75 Å². The molecule has 1 saturated heterocycles. The summed E-state index contributed by atoms with van der Waals surface area (Å²) in [5, 5.41) is 12.9. The zero-order chi connectivity index (χ0) is 27.1. The van der Waals surface area contributed by atoms with Crippen LogP contribution in [0.3, 0.4) is 0 Å². The lowest BCUT2D eigenvalue weighted by Gasteiger charge is -2.45. The summed E-state index contributed by atoms with van der Waals surface area (Å²) in [5.74, 6) is -5.45. The first-order chi connectivity index (χ1) is 18.0. The third-order valence-corrected chi connectivity index (χ3v) is 7.43. The Kier molecular flexibility index (Phi) is 5.25. The Labute approximate surface area is 217 Å². The third kappa shape index (κ3) is 3.46. The van der Waals surface area contributed by atoms with Crippen LogP contribution in [0.25, 0.3) is 22.3 Å². The van der Waals surface area contributed by atoms with Gasteiger partial charge in [-0.25, -0.2) is 18.2 Å². The molecule has 1 saturated carbocycles. The summed E-state index contributed by atoms with van der Waals surface area (Å²) in [7, 11) is 0. The van der Waals surface area contributed by atoms with Crippen molar-refractivity contribution >= 4 is 45.8 Å². The maximum absolute atomic E-state index is 14.7. The number of rotatable bonds is 3. The van der Waals surface area contributed by atoms with Gasteiger partial charge in [-0.2, -0.15) is 0 Å². The molecule has 0 bridgehead atoms. The number of nitrogens with zero attached hydrogens (tertiary/aromatic N) is 4. The summed E-state index contributed by atoms with van der Waals surface area (Å²) in [6, 6.07) is 2.52. The predicted octanol–water partition coefficient (Wildman–Crippen LogP) is 3.30. The van der Waals surface area contributed by atoms with Crippen molar-refractivity contribution < 1.29 is 27.9 Å². The lowest BCUT2D eigenvalue weighted by Crippen LogP contribution is -2.61. The topological polar surface area (TPSA) is 108 Å². The molecule has 13 heteroatoms. The van der Waals surface area contributed by atoms with Crippen molar-refractivity contribution in [3.63, 3.8) is 0 Å². The van der Waals surface area contributed by atoms with Crippen molar-refractivity contribution in [3.8, 4) is 17.0 Å². The fraction of sp³-hybridized carbons (Fsp3) is 0.280. The van der Waals surface area contributed by atoms with E-state index in [4.69, 9.17) is 11.6 Å². The van der Waals surface area contributed by atoms with Crippen molar-refractivity contribution in [2.45, 2.75) is 24.4 Å². The number of fused-ring (bicyclic) bond motifs is 5. The Morgan fingerprint density at radius 1 is 1.29 bits per heavy atom. The summed E-state index contributed by atoms with van der Waals surface area (Å²) in [4.78, 5) is 46.2. The molecule has 38 heavy (non-hydrogen) atoms. The number of alkyl halides is 2. The van der Waals surface area contributed by atoms with Gasteiger partial charge in [-0.15, -0.1) is 0 Å². The second-order valence-corrected chi connectivity index (χ2v) is 9.80. The van der Waals surface area contributed by atoms with Crippen LogP contribution in [-0.4, -0.2) is 63.0 Å². The van der Waals surface area contributed by atoms with Crippen molar-refractivity contribution in [1.82, 2.24) is 14.5 Å². The Morgan fingerprint density at radius 3 is 2.68 bits per heavy atom. The van der Waals surface area contributed by atoms with E-state index in [0.717, 1.165) is 16.7 Å². The molecule has 1 aromatic carbocycles. The number of phenols is 1. The summed E-state index contributed by atoms with van der Waals surface area (Å²) in [5.41, 5.74) is -1.66. The van der Waals surface area contributed by atoms with Crippen LogP contribution in [0, 0.1) is 5.82 Å². The van der Waals surface area contributed by atoms with Crippen molar-refractivity contribution in [1.29, 1.82) is 0 Å². The van der Waals surface area contributed by atoms with Crippen LogP contribution in [-0.2, 0) is 9.59 Å². The summed E-state index contributed by atoms with van der Waals surface area (Å²) in [6.07, 6.45) is 0.516. The van der Waals surface area contributed by atoms with Crippen LogP contribution in [0.15, 0.2) is 41.7 Å². The molecule has 2 amide bonds. The molecule has 2 atom stereocenters. The summed E-state index contributed by atoms with van der Waals surface area (Å²) in [6.45, 7) is 3.83. The van der Waals surface area contributed by atoms with E-state index in [2.05, 4.69) is 16.9 Å². The standard InChI is InChI=1S/C25H19ClF3N5O4/c1-2-17(36)32-6-7-33-14(10-32)23(37)31-20-21(33)11-8-12(26)19(18-13(27)4-3-5-15(18)35)30-22(11)34(24(20)38)16-9-25(16,28)29/h2-5,8,14,16,35H,1,6-7,9-10H2,(H,31,37)/t14-,16+/m1/s1. The van der Waals surface area contributed by atoms with Crippen LogP contribution in [0.1, 0.15) is 12.5 Å². The molecule has 0 spiro atoms. The fourth-order valence-electron chi connectivity index (χ4n) is 5.20. The van der Waals surface area contributed by atoms with Crippen LogP contribution in [0.2, 0.25) is 5.02 Å². The second kappa shape index (κ2) is 8.22. The van der Waals surface area contributed by atoms with Gasteiger partial charge in [0.05, 0.1) is 28.5 Å². The number of piperazine rings is 1. The van der Waals surface area contributed by atoms with E-state index in [1.54, 1.807) is 4.90 Å². The molecule has 196 valence electrons. The number of carbonyl (C=O) groups excluding carboxylic acids is 2. The van der Waals surface area contributed by atoms with Crippen LogP contribution >= 0.6 is 11.6 Å². The number of aromatic hydroxyl groups is 1. The van der Waals surface area contributed by atoms with E-state index < -0.39 is 47.5 Å². The molecule has 2 fully saturated rings. The van der Waals surface area contributed by atoms with Gasteiger partial charge < -0.3 is 20.2 Å². The molecular formula is C25H19ClF3N5O4. The molecule has 4 heterocycles. The summed E-state index contributed by atoms with van der Waals surface area (Å²) >= 11 is 6.51. The van der Waals surface area contributed by atoms with Gasteiger partial charge in [-0.05, 0) is 24.3 Å². The van der Waals surface area contributed by atoms with Gasteiger partial charge in [0, 0.05) is 24.9 Å². The van der Waals surface area contributed by atoms with Gasteiger partial charge in [-0.1, -0.05) is 24.2 Å². The molecule has 2 aliphatic heterocycles. The predicted molar refractivity (Wildman–Crippen MR) is 133 cm³/mol. The molecular weight excluding hydrogens is 527 g/mol. The molecule has 0 radical (unpaired) electrons. The highest BCUT2D eigenvalue weighted by atomic mass is 35.5. The first-order valence-electron chi connectivity index (χ1n) is 11.7. The van der Waals surface area contributed by atoms with E-state index >= 15 is 0 Å². The van der Waals surface area contributed by atoms with Gasteiger partial charge in [0.1, 0.15) is 35.0 Å². The molecule has 6 rings (SSSR count). The highest BCUT2D eigenvalue weighted by Crippen LogP contribution is 2.54. The van der Waals surface area contributed by atoms with Crippen molar-refractivity contribution in [2.75, 3.05) is 29.9 Å². The van der Waals surface area contributed by atoms with E-state index in [0.29, 0.717) is 0 Å². The number of anilines is 2. The molecule has 3 aromatic rings. The molecule has 1 aliphatic carbocycles. The number of phenolic OH excluding ortho intramolecular Hbond substituents is 1. The Hall–Kier alpha value is -4.06. The first kappa shape index (κ1) is 24.3. The highest BCUT2D eigenvalue weighted by Gasteiger charge is 2.60. The number of halogens is 4. The molecule has 2 aromatic heterocycles. The van der Waals surface area contributed by atoms with Gasteiger partial charge in [0.15, 0.2) is 0 Å². The number of carbonyl (C=O) groups is 2. The van der Waals surface area contributed by atoms with Crippen LogP contribution in [0.4, 0.5) is 24.5 Å². The minimum absolute atomic E-state index is 0.00371. The van der Waals surface area contributed by atoms with Gasteiger partial charge in [0.2, 0.25) is 11.8 Å². The monoisotopic (exact) mass is 545 g/mol. The molecule has 3 aliphatic rings. The zero-order valence-corrected chi connectivity index (χ0v) is 20.3. The molecule has 9 nitrogen and oxygen atoms in total. The Balaban J connectivity index is 1.62. The Morgan fingerprint density at radius 2 is 2.03 bits per heavy atom. The average molecular weight is 546 g/mol. The van der Waals surface area contributed by atoms with E-state index in [9.17, 15) is 32.7 Å². The number of hydrogen-bond donors (Lipinski definition) is 2. The number of hydrogen-bond acceptors (Lipinski definition) is 6. The number of amides is 2. The average Bonchev–Trinajstić information content (AvgIpc) is 3.51. The number of pyridine rings is 2. The minimum Gasteiger partial charge on any atom is -0.507 e. The van der Waals surface area contributed by atoms with E-state index in [-0.39, 0.29) is 64.2 Å². The summed E-state index contributed by atoms with van der Waals surface area (Å²) < 4.78 is 44.1. The number of aromatic nitrogens is 2. The quantitative estimate of drug-likeness (QED) is 0.489. The SMILES string of the molecule is C=CC(=O)N1CCN2c3c(c(=O)n([C@H]4CC4(F)F)c4nc(-c5c(O)cccc5F)c(Cl)cc34)NC(=O)[C@H]2C1. The van der Waals surface area contributed by atoms with E-state index in [1.165, 1.54) is 23.1 Å². The van der Waals surface area contributed by atoms with Gasteiger partial charge >= 0.3 is 0 Å².